The first-order valence-electron chi connectivity index (χ1n) is 6.85. The number of benzene rings is 1. The number of oxime groups is 1. The molecule has 6 heteroatoms. The van der Waals surface area contributed by atoms with Crippen LogP contribution in [0.15, 0.2) is 29.4 Å². The van der Waals surface area contributed by atoms with Gasteiger partial charge >= 0.3 is 0 Å². The smallest absolute Gasteiger partial charge is 0.140 e. The van der Waals surface area contributed by atoms with Crippen molar-refractivity contribution in [3.05, 3.63) is 29.8 Å². The van der Waals surface area contributed by atoms with E-state index in [0.717, 1.165) is 17.0 Å². The Balaban J connectivity index is 2.14. The van der Waals surface area contributed by atoms with Gasteiger partial charge in [-0.3, -0.25) is 0 Å². The van der Waals surface area contributed by atoms with E-state index in [1.165, 1.54) is 0 Å². The van der Waals surface area contributed by atoms with Gasteiger partial charge < -0.3 is 24.2 Å². The maximum Gasteiger partial charge on any atom is 0.140 e. The number of nitrogens with zero attached hydrogens (tertiary/aromatic N) is 1. The first kappa shape index (κ1) is 17.4. The Morgan fingerprint density at radius 3 is 2.24 bits per heavy atom. The molecule has 0 unspecified atom stereocenters. The molecule has 0 saturated carbocycles. The van der Waals surface area contributed by atoms with Crippen molar-refractivity contribution in [1.29, 1.82) is 0 Å². The molecule has 0 bridgehead atoms. The van der Waals surface area contributed by atoms with Crippen LogP contribution in [0.1, 0.15) is 12.5 Å². The van der Waals surface area contributed by atoms with Gasteiger partial charge in [-0.15, -0.1) is 0 Å². The molecule has 0 saturated heterocycles. The largest absolute Gasteiger partial charge is 0.497 e. The first-order valence-corrected chi connectivity index (χ1v) is 6.85. The molecule has 0 aliphatic heterocycles. The number of hydrogen-bond acceptors (Lipinski definition) is 6. The van der Waals surface area contributed by atoms with Crippen LogP contribution in [0, 0.1) is 0 Å². The topological polar surface area (TPSA) is 69.5 Å². The highest BCUT2D eigenvalue weighted by atomic mass is 16.6. The van der Waals surface area contributed by atoms with E-state index in [0.29, 0.717) is 33.0 Å². The van der Waals surface area contributed by atoms with Crippen LogP contribution in [0.5, 0.6) is 5.75 Å². The summed E-state index contributed by atoms with van der Waals surface area (Å²) >= 11 is 0. The lowest BCUT2D eigenvalue weighted by atomic mass is 10.1. The van der Waals surface area contributed by atoms with Gasteiger partial charge in [0, 0.05) is 0 Å². The minimum atomic E-state index is 0.0302. The van der Waals surface area contributed by atoms with E-state index in [9.17, 15) is 0 Å². The van der Waals surface area contributed by atoms with Gasteiger partial charge in [-0.2, -0.15) is 0 Å². The third-order valence-corrected chi connectivity index (χ3v) is 2.64. The summed E-state index contributed by atoms with van der Waals surface area (Å²) in [6, 6.07) is 7.61. The molecule has 0 amide bonds. The molecule has 0 heterocycles. The lowest BCUT2D eigenvalue weighted by Crippen LogP contribution is -2.10. The molecule has 0 aromatic heterocycles. The van der Waals surface area contributed by atoms with E-state index in [-0.39, 0.29) is 6.61 Å². The molecule has 1 aromatic rings. The molecule has 0 atom stereocenters. The second kappa shape index (κ2) is 11.1. The molecular formula is C15H23NO5. The van der Waals surface area contributed by atoms with E-state index in [2.05, 4.69) is 5.16 Å². The van der Waals surface area contributed by atoms with Crippen molar-refractivity contribution in [2.45, 2.75) is 6.92 Å². The van der Waals surface area contributed by atoms with E-state index in [1.54, 1.807) is 7.11 Å². The van der Waals surface area contributed by atoms with Crippen molar-refractivity contribution >= 4 is 5.71 Å². The zero-order valence-corrected chi connectivity index (χ0v) is 12.6. The predicted octanol–water partition coefficient (Wildman–Crippen LogP) is 1.46. The molecule has 0 fully saturated rings. The van der Waals surface area contributed by atoms with Crippen LogP contribution >= 0.6 is 0 Å². The van der Waals surface area contributed by atoms with Crippen LogP contribution in [0.25, 0.3) is 0 Å². The number of ether oxygens (including phenoxy) is 3. The fraction of sp³-hybridized carbons (Fsp3) is 0.533. The van der Waals surface area contributed by atoms with Crippen LogP contribution in [0.4, 0.5) is 0 Å². The van der Waals surface area contributed by atoms with E-state index in [1.807, 2.05) is 31.2 Å². The summed E-state index contributed by atoms with van der Waals surface area (Å²) in [4.78, 5) is 5.19. The predicted molar refractivity (Wildman–Crippen MR) is 79.9 cm³/mol. The summed E-state index contributed by atoms with van der Waals surface area (Å²) < 4.78 is 15.4. The summed E-state index contributed by atoms with van der Waals surface area (Å²) in [5.74, 6) is 0.810. The van der Waals surface area contributed by atoms with Crippen LogP contribution in [-0.2, 0) is 14.3 Å². The maximum absolute atomic E-state index is 8.51. The zero-order valence-electron chi connectivity index (χ0n) is 12.6. The molecule has 6 nitrogen and oxygen atoms in total. The zero-order chi connectivity index (χ0) is 15.3. The van der Waals surface area contributed by atoms with Gasteiger partial charge in [0.2, 0.25) is 0 Å². The molecule has 1 N–H and O–H groups in total. The van der Waals surface area contributed by atoms with Crippen molar-refractivity contribution in [2.24, 2.45) is 5.16 Å². The molecule has 1 rings (SSSR count). The third-order valence-electron chi connectivity index (χ3n) is 2.64. The normalized spacial score (nSPS) is 11.5. The highest BCUT2D eigenvalue weighted by Crippen LogP contribution is 2.11. The van der Waals surface area contributed by atoms with Gasteiger partial charge in [-0.05, 0) is 36.8 Å². The van der Waals surface area contributed by atoms with Gasteiger partial charge in [-0.25, -0.2) is 0 Å². The minimum absolute atomic E-state index is 0.0302. The molecule has 0 spiro atoms. The Bertz CT molecular complexity index is 405. The number of rotatable bonds is 11. The number of aliphatic hydroxyl groups is 1. The second-order valence-corrected chi connectivity index (χ2v) is 4.19. The molecular weight excluding hydrogens is 274 g/mol. The number of hydrogen-bond donors (Lipinski definition) is 1. The Morgan fingerprint density at radius 2 is 1.62 bits per heavy atom. The quantitative estimate of drug-likeness (QED) is 0.380. The fourth-order valence-electron chi connectivity index (χ4n) is 1.51. The molecule has 0 aliphatic carbocycles. The highest BCUT2D eigenvalue weighted by molar-refractivity contribution is 5.98. The van der Waals surface area contributed by atoms with Crippen LogP contribution in [0.2, 0.25) is 0 Å². The fourth-order valence-corrected chi connectivity index (χ4v) is 1.51. The monoisotopic (exact) mass is 297 g/mol. The average Bonchev–Trinajstić information content (AvgIpc) is 2.53. The Labute approximate surface area is 125 Å². The second-order valence-electron chi connectivity index (χ2n) is 4.19. The molecule has 0 radical (unpaired) electrons. The average molecular weight is 297 g/mol. The summed E-state index contributed by atoms with van der Waals surface area (Å²) in [6.07, 6.45) is 0. The number of methoxy groups -OCH3 is 1. The van der Waals surface area contributed by atoms with Crippen LogP contribution in [-0.4, -0.2) is 57.6 Å². The van der Waals surface area contributed by atoms with Crippen LogP contribution < -0.4 is 4.74 Å². The van der Waals surface area contributed by atoms with E-state index in [4.69, 9.17) is 24.2 Å². The first-order chi connectivity index (χ1) is 10.3. The Hall–Kier alpha value is -1.63. The van der Waals surface area contributed by atoms with Gasteiger partial charge in [-0.1, -0.05) is 5.16 Å². The maximum atomic E-state index is 8.51. The van der Waals surface area contributed by atoms with Gasteiger partial charge in [0.1, 0.15) is 12.4 Å². The van der Waals surface area contributed by atoms with Crippen molar-refractivity contribution in [1.82, 2.24) is 0 Å². The Morgan fingerprint density at radius 1 is 1.00 bits per heavy atom. The van der Waals surface area contributed by atoms with Crippen molar-refractivity contribution in [3.8, 4) is 5.75 Å². The third kappa shape index (κ3) is 7.65. The van der Waals surface area contributed by atoms with Gasteiger partial charge in [0.25, 0.3) is 0 Å². The van der Waals surface area contributed by atoms with Crippen molar-refractivity contribution in [3.63, 3.8) is 0 Å². The Kier molecular flexibility index (Phi) is 9.19. The van der Waals surface area contributed by atoms with Crippen molar-refractivity contribution < 1.29 is 24.2 Å². The summed E-state index contributed by atoms with van der Waals surface area (Å²) in [5, 5.41) is 12.5. The van der Waals surface area contributed by atoms with Gasteiger partial charge in [0.15, 0.2) is 0 Å². The molecule has 0 aliphatic rings. The summed E-state index contributed by atoms with van der Waals surface area (Å²) in [7, 11) is 1.63. The van der Waals surface area contributed by atoms with Crippen LogP contribution in [0.3, 0.4) is 0 Å². The van der Waals surface area contributed by atoms with Gasteiger partial charge in [0.05, 0.1) is 45.9 Å². The summed E-state index contributed by atoms with van der Waals surface area (Å²) in [5.41, 5.74) is 1.78. The van der Waals surface area contributed by atoms with E-state index >= 15 is 0 Å². The van der Waals surface area contributed by atoms with Crippen molar-refractivity contribution in [2.75, 3.05) is 46.8 Å². The minimum Gasteiger partial charge on any atom is -0.497 e. The molecule has 118 valence electrons. The number of aliphatic hydroxyl groups excluding tert-OH is 1. The molecule has 1 aromatic carbocycles. The lowest BCUT2D eigenvalue weighted by molar-refractivity contribution is 0.00870. The molecule has 21 heavy (non-hydrogen) atoms. The highest BCUT2D eigenvalue weighted by Gasteiger charge is 1.98. The standard InChI is InChI=1S/C15H23NO5/c1-13(14-3-5-15(18-2)6-4-14)16-21-12-11-20-10-9-19-8-7-17/h3-6,17H,7-12H2,1-2H3/b16-13+. The SMILES string of the molecule is COc1ccc(/C(C)=N/OCCOCCOCCO)cc1. The summed E-state index contributed by atoms with van der Waals surface area (Å²) in [6.45, 7) is 4.02. The van der Waals surface area contributed by atoms with E-state index < -0.39 is 0 Å². The lowest BCUT2D eigenvalue weighted by Gasteiger charge is -2.05.